The van der Waals surface area contributed by atoms with Crippen molar-refractivity contribution in [1.29, 1.82) is 0 Å². The van der Waals surface area contributed by atoms with Crippen molar-refractivity contribution in [1.82, 2.24) is 0 Å². The van der Waals surface area contributed by atoms with Crippen LogP contribution in [0.3, 0.4) is 0 Å². The Kier molecular flexibility index (Phi) is 3.66. The van der Waals surface area contributed by atoms with Crippen LogP contribution in [0, 0.1) is 6.92 Å². The molecule has 0 spiro atoms. The zero-order valence-corrected chi connectivity index (χ0v) is 10.3. The SMILES string of the molecule is Cc1cccc(C(=O)OCc2cc(=O)c(O)co2)c1. The van der Waals surface area contributed by atoms with E-state index in [1.54, 1.807) is 18.2 Å². The molecule has 0 unspecified atom stereocenters. The summed E-state index contributed by atoms with van der Waals surface area (Å²) in [6, 6.07) is 8.05. The number of esters is 1. The minimum atomic E-state index is -0.576. The molecule has 0 saturated heterocycles. The van der Waals surface area contributed by atoms with Crippen LogP contribution in [-0.4, -0.2) is 11.1 Å². The quantitative estimate of drug-likeness (QED) is 0.854. The second kappa shape index (κ2) is 5.39. The highest BCUT2D eigenvalue weighted by atomic mass is 16.5. The van der Waals surface area contributed by atoms with Gasteiger partial charge in [0.25, 0.3) is 0 Å². The third kappa shape index (κ3) is 3.22. The Bertz CT molecular complexity index is 657. The van der Waals surface area contributed by atoms with Crippen LogP contribution in [0.2, 0.25) is 0 Å². The van der Waals surface area contributed by atoms with E-state index in [0.717, 1.165) is 17.9 Å². The molecule has 1 heterocycles. The molecular weight excluding hydrogens is 248 g/mol. The van der Waals surface area contributed by atoms with E-state index in [-0.39, 0.29) is 12.4 Å². The molecule has 1 aromatic carbocycles. The van der Waals surface area contributed by atoms with Crippen LogP contribution in [0.4, 0.5) is 0 Å². The number of aromatic hydroxyl groups is 1. The van der Waals surface area contributed by atoms with E-state index in [2.05, 4.69) is 0 Å². The standard InChI is InChI=1S/C14H12O5/c1-9-3-2-4-10(5-9)14(17)19-7-11-6-12(15)13(16)8-18-11/h2-6,8,16H,7H2,1H3. The number of hydrogen-bond acceptors (Lipinski definition) is 5. The number of benzene rings is 1. The summed E-state index contributed by atoms with van der Waals surface area (Å²) in [5.74, 6) is -0.808. The second-order valence-electron chi connectivity index (χ2n) is 4.04. The molecule has 0 radical (unpaired) electrons. The van der Waals surface area contributed by atoms with E-state index < -0.39 is 17.1 Å². The van der Waals surface area contributed by atoms with Gasteiger partial charge in [-0.15, -0.1) is 0 Å². The van der Waals surface area contributed by atoms with Crippen molar-refractivity contribution in [2.45, 2.75) is 13.5 Å². The third-order valence-electron chi connectivity index (χ3n) is 2.47. The van der Waals surface area contributed by atoms with E-state index in [0.29, 0.717) is 5.56 Å². The van der Waals surface area contributed by atoms with Crippen LogP contribution in [-0.2, 0) is 11.3 Å². The van der Waals surface area contributed by atoms with Crippen molar-refractivity contribution in [3.63, 3.8) is 0 Å². The van der Waals surface area contributed by atoms with Gasteiger partial charge in [-0.05, 0) is 19.1 Å². The van der Waals surface area contributed by atoms with Crippen molar-refractivity contribution < 1.29 is 19.1 Å². The molecule has 2 aromatic rings. The number of ether oxygens (including phenoxy) is 1. The molecule has 0 amide bonds. The van der Waals surface area contributed by atoms with E-state index in [1.165, 1.54) is 0 Å². The van der Waals surface area contributed by atoms with Crippen LogP contribution in [0.25, 0.3) is 0 Å². The van der Waals surface area contributed by atoms with Crippen LogP contribution < -0.4 is 5.43 Å². The Morgan fingerprint density at radius 3 is 2.84 bits per heavy atom. The van der Waals surface area contributed by atoms with Gasteiger partial charge in [0.05, 0.1) is 5.56 Å². The molecule has 0 saturated carbocycles. The molecule has 0 atom stereocenters. The van der Waals surface area contributed by atoms with Gasteiger partial charge in [0.2, 0.25) is 5.43 Å². The second-order valence-corrected chi connectivity index (χ2v) is 4.04. The summed E-state index contributed by atoms with van der Waals surface area (Å²) < 4.78 is 9.93. The molecule has 0 aliphatic carbocycles. The first-order chi connectivity index (χ1) is 9.06. The Morgan fingerprint density at radius 1 is 1.37 bits per heavy atom. The van der Waals surface area contributed by atoms with Crippen molar-refractivity contribution in [2.24, 2.45) is 0 Å². The molecule has 0 aliphatic rings. The van der Waals surface area contributed by atoms with E-state index >= 15 is 0 Å². The molecule has 2 rings (SSSR count). The van der Waals surface area contributed by atoms with Gasteiger partial charge in [-0.3, -0.25) is 4.79 Å². The first kappa shape index (κ1) is 12.9. The highest BCUT2D eigenvalue weighted by Gasteiger charge is 2.09. The average Bonchev–Trinajstić information content (AvgIpc) is 2.40. The van der Waals surface area contributed by atoms with Gasteiger partial charge in [0.15, 0.2) is 5.75 Å². The molecule has 98 valence electrons. The van der Waals surface area contributed by atoms with Crippen molar-refractivity contribution in [3.8, 4) is 5.75 Å². The predicted octanol–water partition coefficient (Wildman–Crippen LogP) is 2.01. The van der Waals surface area contributed by atoms with E-state index in [1.807, 2.05) is 13.0 Å². The largest absolute Gasteiger partial charge is 0.502 e. The first-order valence-corrected chi connectivity index (χ1v) is 5.61. The molecule has 0 aliphatic heterocycles. The summed E-state index contributed by atoms with van der Waals surface area (Å²) in [6.07, 6.45) is 0.915. The first-order valence-electron chi connectivity index (χ1n) is 5.61. The smallest absolute Gasteiger partial charge is 0.338 e. The van der Waals surface area contributed by atoms with Crippen molar-refractivity contribution >= 4 is 5.97 Å². The highest BCUT2D eigenvalue weighted by Crippen LogP contribution is 2.09. The molecule has 19 heavy (non-hydrogen) atoms. The van der Waals surface area contributed by atoms with Crippen molar-refractivity contribution in [3.05, 3.63) is 63.7 Å². The lowest BCUT2D eigenvalue weighted by Crippen LogP contribution is -2.07. The molecular formula is C14H12O5. The lowest BCUT2D eigenvalue weighted by molar-refractivity contribution is 0.0442. The number of rotatable bonds is 3. The maximum absolute atomic E-state index is 11.7. The van der Waals surface area contributed by atoms with Gasteiger partial charge in [-0.25, -0.2) is 4.79 Å². The van der Waals surface area contributed by atoms with Gasteiger partial charge >= 0.3 is 5.97 Å². The topological polar surface area (TPSA) is 76.7 Å². The molecule has 1 aromatic heterocycles. The lowest BCUT2D eigenvalue weighted by Gasteiger charge is -2.04. The number of carbonyl (C=O) groups is 1. The summed E-state index contributed by atoms with van der Waals surface area (Å²) in [5, 5.41) is 9.02. The van der Waals surface area contributed by atoms with Crippen LogP contribution >= 0.6 is 0 Å². The fraction of sp³-hybridized carbons (Fsp3) is 0.143. The zero-order chi connectivity index (χ0) is 13.8. The Labute approximate surface area is 109 Å². The summed E-state index contributed by atoms with van der Waals surface area (Å²) in [7, 11) is 0. The fourth-order valence-corrected chi connectivity index (χ4v) is 1.51. The Morgan fingerprint density at radius 2 is 2.16 bits per heavy atom. The van der Waals surface area contributed by atoms with Crippen LogP contribution in [0.1, 0.15) is 21.7 Å². The van der Waals surface area contributed by atoms with Gasteiger partial charge in [-0.2, -0.15) is 0 Å². The predicted molar refractivity (Wildman–Crippen MR) is 66.9 cm³/mol. The third-order valence-corrected chi connectivity index (χ3v) is 2.47. The molecule has 1 N–H and O–H groups in total. The van der Waals surface area contributed by atoms with Crippen molar-refractivity contribution in [2.75, 3.05) is 0 Å². The highest BCUT2D eigenvalue weighted by molar-refractivity contribution is 5.89. The number of carbonyl (C=O) groups excluding carboxylic acids is 1. The van der Waals surface area contributed by atoms with E-state index in [4.69, 9.17) is 14.3 Å². The molecule has 5 heteroatoms. The minimum Gasteiger partial charge on any atom is -0.502 e. The van der Waals surface area contributed by atoms with Crippen LogP contribution in [0.15, 0.2) is 45.8 Å². The fourth-order valence-electron chi connectivity index (χ4n) is 1.51. The summed E-state index contributed by atoms with van der Waals surface area (Å²) in [6.45, 7) is 1.71. The average molecular weight is 260 g/mol. The minimum absolute atomic E-state index is 0.164. The van der Waals surface area contributed by atoms with Gasteiger partial charge in [0.1, 0.15) is 18.6 Å². The van der Waals surface area contributed by atoms with Gasteiger partial charge in [0, 0.05) is 6.07 Å². The maximum atomic E-state index is 11.7. The Hall–Kier alpha value is -2.56. The van der Waals surface area contributed by atoms with Gasteiger partial charge in [-0.1, -0.05) is 17.7 Å². The maximum Gasteiger partial charge on any atom is 0.338 e. The summed E-state index contributed by atoms with van der Waals surface area (Å²) in [4.78, 5) is 22.9. The number of aryl methyl sites for hydroxylation is 1. The monoisotopic (exact) mass is 260 g/mol. The molecule has 0 fully saturated rings. The normalized spacial score (nSPS) is 10.2. The Balaban J connectivity index is 2.04. The molecule has 0 bridgehead atoms. The molecule has 5 nitrogen and oxygen atoms in total. The van der Waals surface area contributed by atoms with E-state index in [9.17, 15) is 9.59 Å². The zero-order valence-electron chi connectivity index (χ0n) is 10.3. The van der Waals surface area contributed by atoms with Crippen LogP contribution in [0.5, 0.6) is 5.75 Å². The summed E-state index contributed by atoms with van der Waals surface area (Å²) in [5.41, 5.74) is 0.805. The van der Waals surface area contributed by atoms with Gasteiger partial charge < -0.3 is 14.3 Å². The summed E-state index contributed by atoms with van der Waals surface area (Å²) >= 11 is 0. The lowest BCUT2D eigenvalue weighted by atomic mass is 10.1. The number of hydrogen-bond donors (Lipinski definition) is 1.